The molecule has 0 fully saturated rings. The van der Waals surface area contributed by atoms with Gasteiger partial charge in [0.15, 0.2) is 0 Å². The monoisotopic (exact) mass is 523 g/mol. The van der Waals surface area contributed by atoms with E-state index in [0.29, 0.717) is 4.57 Å². The number of alkyl halides is 3. The summed E-state index contributed by atoms with van der Waals surface area (Å²) in [6.07, 6.45) is -5.68. The molecule has 18 heteroatoms. The highest BCUT2D eigenvalue weighted by atomic mass is 35.5. The number of amides is 1. The molecule has 0 saturated heterocycles. The van der Waals surface area contributed by atoms with Gasteiger partial charge in [0.05, 0.1) is 11.3 Å². The molecule has 5 N–H and O–H groups in total. The fourth-order valence-corrected chi connectivity index (χ4v) is 5.39. The van der Waals surface area contributed by atoms with Gasteiger partial charge in [-0.1, -0.05) is 22.9 Å². The number of H-pyrrole nitrogens is 1. The van der Waals surface area contributed by atoms with E-state index in [-0.39, 0.29) is 27.2 Å². The first-order valence-electron chi connectivity index (χ1n) is 8.45. The fraction of sp³-hybridized carbons (Fsp3) is 0.133. The summed E-state index contributed by atoms with van der Waals surface area (Å²) in [5, 5.41) is 8.05. The largest absolute Gasteiger partial charge is 0.421 e. The van der Waals surface area contributed by atoms with Crippen molar-refractivity contribution in [2.45, 2.75) is 16.1 Å². The van der Waals surface area contributed by atoms with Crippen molar-refractivity contribution >= 4 is 49.8 Å². The number of hydrogen-bond donors (Lipinski definition) is 4. The number of aromatic amines is 1. The summed E-state index contributed by atoms with van der Waals surface area (Å²) >= 11 is 6.01. The van der Waals surface area contributed by atoms with Crippen molar-refractivity contribution in [2.75, 3.05) is 11.1 Å². The van der Waals surface area contributed by atoms with Gasteiger partial charge in [0.2, 0.25) is 15.0 Å². The Bertz CT molecular complexity index is 1510. The number of nitrogen functional groups attached to an aromatic ring is 1. The second-order valence-electron chi connectivity index (χ2n) is 6.51. The molecule has 0 bridgehead atoms. The maximum Gasteiger partial charge on any atom is 0.421 e. The zero-order valence-electron chi connectivity index (χ0n) is 15.6. The number of nitrogens with zero attached hydrogens (tertiary/aromatic N) is 3. The first-order chi connectivity index (χ1) is 15.3. The Balaban J connectivity index is 2.03. The number of hydrogen-bond acceptors (Lipinski definition) is 9. The van der Waals surface area contributed by atoms with Crippen LogP contribution in [0.2, 0.25) is 5.02 Å². The van der Waals surface area contributed by atoms with Gasteiger partial charge in [0.1, 0.15) is 5.82 Å². The van der Waals surface area contributed by atoms with Gasteiger partial charge in [-0.2, -0.15) is 17.9 Å². The predicted molar refractivity (Wildman–Crippen MR) is 109 cm³/mol. The van der Waals surface area contributed by atoms with Crippen molar-refractivity contribution in [3.05, 3.63) is 55.7 Å². The van der Waals surface area contributed by atoms with Crippen LogP contribution in [-0.2, 0) is 20.4 Å². The minimum absolute atomic E-state index is 0.0741. The van der Waals surface area contributed by atoms with Gasteiger partial charge in [-0.05, 0) is 24.3 Å². The first-order valence-corrected chi connectivity index (χ1v) is 11.1. The van der Waals surface area contributed by atoms with Crippen molar-refractivity contribution in [1.82, 2.24) is 24.5 Å². The summed E-state index contributed by atoms with van der Waals surface area (Å²) in [5.41, 5.74) is -3.12. The van der Waals surface area contributed by atoms with Crippen LogP contribution in [0.3, 0.4) is 0 Å². The molecule has 0 radical (unpaired) electrons. The molecule has 1 atom stereocenters. The Morgan fingerprint density at radius 3 is 2.33 bits per heavy atom. The van der Waals surface area contributed by atoms with Crippen LogP contribution in [0.15, 0.2) is 38.2 Å². The second kappa shape index (κ2) is 7.37. The quantitative estimate of drug-likeness (QED) is 0.376. The molecule has 1 aromatic carbocycles. The number of benzene rings is 1. The molecule has 1 amide bonds. The van der Waals surface area contributed by atoms with Gasteiger partial charge in [-0.25, -0.2) is 17.8 Å². The number of carbonyl (C=O) groups excluding carboxylic acids is 1. The lowest BCUT2D eigenvalue weighted by Gasteiger charge is -2.29. The van der Waals surface area contributed by atoms with Crippen LogP contribution in [0, 0.1) is 0 Å². The molecular formula is C15H9ClF3N7O5S2. The van der Waals surface area contributed by atoms with Crippen molar-refractivity contribution in [3.8, 4) is 5.69 Å². The minimum atomic E-state index is -5.68. The van der Waals surface area contributed by atoms with Crippen LogP contribution in [0.5, 0.6) is 0 Å². The highest BCUT2D eigenvalue weighted by Crippen LogP contribution is 2.46. The van der Waals surface area contributed by atoms with Gasteiger partial charge < -0.3 is 11.1 Å². The smallest absolute Gasteiger partial charge is 0.374 e. The number of nitrogens with one attached hydrogen (secondary N) is 3. The molecule has 0 aliphatic carbocycles. The molecule has 4 rings (SSSR count). The average Bonchev–Trinajstić information content (AvgIpc) is 3.25. The fourth-order valence-electron chi connectivity index (χ4n) is 3.15. The molecule has 1 aliphatic rings. The molecule has 3 aromatic rings. The Hall–Kier alpha value is -3.28. The van der Waals surface area contributed by atoms with Crippen LogP contribution >= 0.6 is 22.9 Å². The van der Waals surface area contributed by atoms with Crippen LogP contribution < -0.4 is 27.0 Å². The number of anilines is 2. The second-order valence-corrected chi connectivity index (χ2v) is 9.81. The third-order valence-corrected chi connectivity index (χ3v) is 7.33. The number of nitrogens with two attached hydrogens (primary N) is 1. The first kappa shape index (κ1) is 22.9. The summed E-state index contributed by atoms with van der Waals surface area (Å²) < 4.78 is 69.2. The molecule has 1 aliphatic heterocycles. The van der Waals surface area contributed by atoms with Gasteiger partial charge in [0.25, 0.3) is 21.5 Å². The normalized spacial score (nSPS) is 18.2. The van der Waals surface area contributed by atoms with Gasteiger partial charge >= 0.3 is 11.9 Å². The minimum Gasteiger partial charge on any atom is -0.374 e. The van der Waals surface area contributed by atoms with E-state index in [1.54, 1.807) is 10.3 Å². The third-order valence-electron chi connectivity index (χ3n) is 4.51. The number of carbonyl (C=O) groups is 1. The summed E-state index contributed by atoms with van der Waals surface area (Å²) in [4.78, 5) is 39.4. The van der Waals surface area contributed by atoms with Crippen LogP contribution in [0.25, 0.3) is 5.69 Å². The van der Waals surface area contributed by atoms with E-state index in [9.17, 15) is 36.0 Å². The number of rotatable bonds is 4. The zero-order valence-corrected chi connectivity index (χ0v) is 18.0. The van der Waals surface area contributed by atoms with Crippen molar-refractivity contribution in [1.29, 1.82) is 0 Å². The van der Waals surface area contributed by atoms with Gasteiger partial charge in [-0.3, -0.25) is 14.6 Å². The standard InChI is InChI=1S/C15H9ClF3N7O5S2/c16-5-1-3-6(4-2-5)26-8-7(9(27)22-12(26)29)14(10(28)21-8,15(17,18)19)25-33(30,31)13-24-23-11(20)32-13/h1-4,25H,(H2,20,23)(H,21,28)(H,22,27,29). The maximum atomic E-state index is 14.4. The highest BCUT2D eigenvalue weighted by molar-refractivity contribution is 7.91. The molecule has 1 unspecified atom stereocenters. The third kappa shape index (κ3) is 3.48. The van der Waals surface area contributed by atoms with E-state index in [0.717, 1.165) is 0 Å². The summed E-state index contributed by atoms with van der Waals surface area (Å²) in [6, 6.07) is 5.07. The number of aromatic nitrogens is 4. The van der Waals surface area contributed by atoms with E-state index < -0.39 is 54.6 Å². The average molecular weight is 524 g/mol. The summed E-state index contributed by atoms with van der Waals surface area (Å²) in [6.45, 7) is 0. The Morgan fingerprint density at radius 2 is 1.79 bits per heavy atom. The van der Waals surface area contributed by atoms with Crippen LogP contribution in [0.4, 0.5) is 24.1 Å². The Labute approximate surface area is 189 Å². The lowest BCUT2D eigenvalue weighted by Crippen LogP contribution is -2.61. The van der Waals surface area contributed by atoms with E-state index in [2.05, 4.69) is 10.2 Å². The summed E-state index contributed by atoms with van der Waals surface area (Å²) in [7, 11) is -5.17. The van der Waals surface area contributed by atoms with Crippen LogP contribution in [0.1, 0.15) is 5.56 Å². The predicted octanol–water partition coefficient (Wildman–Crippen LogP) is 0.301. The zero-order chi connectivity index (χ0) is 24.3. The van der Waals surface area contributed by atoms with Crippen molar-refractivity contribution < 1.29 is 26.4 Å². The molecule has 0 spiro atoms. The molecule has 2 aromatic heterocycles. The molecule has 174 valence electrons. The Kier molecular flexibility index (Phi) is 5.11. The maximum absolute atomic E-state index is 14.4. The summed E-state index contributed by atoms with van der Waals surface area (Å²) in [5.74, 6) is -2.85. The van der Waals surface area contributed by atoms with E-state index in [1.807, 2.05) is 0 Å². The van der Waals surface area contributed by atoms with E-state index >= 15 is 0 Å². The molecule has 3 heterocycles. The van der Waals surface area contributed by atoms with E-state index in [4.69, 9.17) is 17.3 Å². The molecule has 12 nitrogen and oxygen atoms in total. The number of halogens is 4. The lowest BCUT2D eigenvalue weighted by molar-refractivity contribution is -0.194. The van der Waals surface area contributed by atoms with Crippen LogP contribution in [-0.4, -0.2) is 40.2 Å². The van der Waals surface area contributed by atoms with Gasteiger partial charge in [0, 0.05) is 5.02 Å². The number of sulfonamides is 1. The van der Waals surface area contributed by atoms with Crippen molar-refractivity contribution in [3.63, 3.8) is 0 Å². The molecule has 0 saturated carbocycles. The van der Waals surface area contributed by atoms with Gasteiger partial charge in [-0.15, -0.1) is 10.2 Å². The SMILES string of the molecule is Nc1nnc(S(=O)(=O)NC2(C(F)(F)F)C(=O)Nc3c2c(=O)[nH]c(=O)n3-c2ccc(Cl)cc2)s1. The topological polar surface area (TPSA) is 182 Å². The van der Waals surface area contributed by atoms with E-state index in [1.165, 1.54) is 29.0 Å². The molecule has 33 heavy (non-hydrogen) atoms. The highest BCUT2D eigenvalue weighted by Gasteiger charge is 2.69. The lowest BCUT2D eigenvalue weighted by atomic mass is 9.93. The Morgan fingerprint density at radius 1 is 1.15 bits per heavy atom. The van der Waals surface area contributed by atoms with Crippen molar-refractivity contribution in [2.24, 2.45) is 0 Å². The number of fused-ring (bicyclic) bond motifs is 1. The molecular weight excluding hydrogens is 515 g/mol.